The Morgan fingerprint density at radius 3 is 1.74 bits per heavy atom. The lowest BCUT2D eigenvalue weighted by Gasteiger charge is -2.29. The Hall–Kier alpha value is -5.85. The van der Waals surface area contributed by atoms with Crippen molar-refractivity contribution in [2.24, 2.45) is 17.4 Å². The molecule has 1 aliphatic heterocycles. The van der Waals surface area contributed by atoms with E-state index < -0.39 is 163 Å². The van der Waals surface area contributed by atoms with Gasteiger partial charge >= 0.3 is 11.9 Å². The molecular weight excluding hydrogens is 1090 g/mol. The van der Waals surface area contributed by atoms with Crippen LogP contribution < -0.4 is 59.3 Å². The van der Waals surface area contributed by atoms with E-state index in [9.17, 15) is 78.3 Å². The molecule has 1 heterocycles. The lowest BCUT2D eigenvalue weighted by atomic mass is 9.99. The molecule has 28 nitrogen and oxygen atoms in total. The molecule has 1 rings (SSSR count). The highest BCUT2D eigenvalue weighted by Gasteiger charge is 2.40. The van der Waals surface area contributed by atoms with Gasteiger partial charge in [-0.1, -0.05) is 100 Å². The summed E-state index contributed by atoms with van der Waals surface area (Å²) in [6.45, 7) is 3.65. The van der Waals surface area contributed by atoms with Crippen LogP contribution in [-0.4, -0.2) is 189 Å². The minimum atomic E-state index is -2.78. The Morgan fingerprint density at radius 1 is 0.654 bits per heavy atom. The predicted octanol–water partition coefficient (Wildman–Crippen LogP) is -3.93. The van der Waals surface area contributed by atoms with Crippen molar-refractivity contribution in [1.29, 1.82) is 0 Å². The molecule has 9 amide bonds. The molecule has 0 radical (unpaired) electrons. The molecule has 11 atom stereocenters. The number of halogens is 1. The van der Waals surface area contributed by atoms with Crippen LogP contribution in [0.1, 0.15) is 124 Å². The van der Waals surface area contributed by atoms with Gasteiger partial charge in [-0.25, -0.2) is 4.79 Å². The average molecular weight is 1180 g/mol. The van der Waals surface area contributed by atoms with Crippen molar-refractivity contribution in [1.82, 2.24) is 47.9 Å². The second kappa shape index (κ2) is 38.7. The Labute approximate surface area is 462 Å². The number of amides is 9. The summed E-state index contributed by atoms with van der Waals surface area (Å²) in [5.41, 5.74) is 10.7. The van der Waals surface area contributed by atoms with Gasteiger partial charge in [0.2, 0.25) is 47.3 Å². The Kier molecular flexibility index (Phi) is 34.8. The lowest BCUT2D eigenvalue weighted by molar-refractivity contribution is -0.152. The van der Waals surface area contributed by atoms with Gasteiger partial charge in [-0.15, -0.1) is 0 Å². The Morgan fingerprint density at radius 2 is 1.19 bits per heavy atom. The number of allylic oxidation sites excluding steroid dienone is 1. The highest BCUT2D eigenvalue weighted by Crippen LogP contribution is 2.17. The maximum atomic E-state index is 14.1. The fourth-order valence-electron chi connectivity index (χ4n) is 7.82. The third-order valence-electron chi connectivity index (χ3n) is 12.4. The maximum absolute atomic E-state index is 14.1. The number of carbonyl (C=O) groups excluding carboxylic acids is 10. The lowest BCUT2D eigenvalue weighted by Crippen LogP contribution is -2.64. The van der Waals surface area contributed by atoms with Crippen LogP contribution in [0.3, 0.4) is 0 Å². The standard InChI is InChI=1S/C49H84BrN11O17/c1-5-7-8-9-10-11-12-13-14-16-27(3)23-36(66)78-26-33-45(72)57-31(18-21-52)41(68)53-25-35(65)54-32(19-22-62)43(70)56-30(17-15-20-51)44(71)59-37(28(4)63)46(73)55-29(6-2)42(69)61-39(40(67)49(76)77)48(75)60-38(34(64)24-50)47(74)58-33/h6,27-28,30-34,37-40,62-64,67H,5,7-26,51-52H2,1-4H3,(H,53,68)(H,54,65)(H,55,73)(H,56,70)(H,57,72)(H,58,74)(H,59,71)(H,60,75)(H,61,69)(H,76,77)/b29-6-/t27?,28-,30+,31+,32+,33+,34-,37+,38+,39+,40?/m1/s1. The van der Waals surface area contributed by atoms with Crippen molar-refractivity contribution in [2.75, 3.05) is 38.2 Å². The summed E-state index contributed by atoms with van der Waals surface area (Å²) in [7, 11) is 0. The minimum absolute atomic E-state index is 0.00889. The molecule has 0 bridgehead atoms. The van der Waals surface area contributed by atoms with Crippen molar-refractivity contribution in [3.63, 3.8) is 0 Å². The minimum Gasteiger partial charge on any atom is -0.479 e. The monoisotopic (exact) mass is 1180 g/mol. The smallest absolute Gasteiger partial charge is 0.335 e. The number of aliphatic carboxylic acids is 1. The highest BCUT2D eigenvalue weighted by atomic mass is 79.9. The maximum Gasteiger partial charge on any atom is 0.335 e. The van der Waals surface area contributed by atoms with Crippen molar-refractivity contribution >= 4 is 81.0 Å². The van der Waals surface area contributed by atoms with E-state index in [0.29, 0.717) is 6.42 Å². The van der Waals surface area contributed by atoms with Crippen molar-refractivity contribution in [2.45, 2.75) is 185 Å². The molecule has 0 aliphatic carbocycles. The number of carboxylic acids is 1. The first-order valence-corrected chi connectivity index (χ1v) is 27.5. The van der Waals surface area contributed by atoms with E-state index in [2.05, 4.69) is 60.1 Å². The van der Waals surface area contributed by atoms with Crippen LogP contribution in [0.25, 0.3) is 0 Å². The highest BCUT2D eigenvalue weighted by molar-refractivity contribution is 9.09. The van der Waals surface area contributed by atoms with Gasteiger partial charge in [0.25, 0.3) is 5.91 Å². The quantitative estimate of drug-likeness (QED) is 0.0170. The number of carboxylic acid groups (broad SMARTS) is 1. The zero-order chi connectivity index (χ0) is 58.9. The van der Waals surface area contributed by atoms with Gasteiger partial charge in [-0.2, -0.15) is 0 Å². The number of unbranched alkanes of at least 4 members (excludes halogenated alkanes) is 8. The van der Waals surface area contributed by atoms with Crippen LogP contribution in [0.5, 0.6) is 0 Å². The van der Waals surface area contributed by atoms with E-state index in [1.165, 1.54) is 26.2 Å². The SMILES string of the molecule is C/C=C1\NC(=O)[C@H]([C@@H](C)O)NC(=O)[C@H](CCCN)NC(=O)[C@H](CCO)NC(=O)CNC(=O)[C@H](CCN)NC(=O)[C@H](COC(=O)CC(C)CCCCCCCCCCC)NC(=O)[C@H]([C@H](O)CBr)NC(=O)[C@H](C(O)C(=O)O)NC1=O. The molecule has 1 aliphatic rings. The van der Waals surface area contributed by atoms with Crippen LogP contribution in [0, 0.1) is 5.92 Å². The van der Waals surface area contributed by atoms with Gasteiger partial charge in [0.05, 0.1) is 18.8 Å². The van der Waals surface area contributed by atoms with Crippen LogP contribution >= 0.6 is 15.9 Å². The number of aliphatic hydroxyl groups excluding tert-OH is 4. The fourth-order valence-corrected chi connectivity index (χ4v) is 8.20. The zero-order valence-electron chi connectivity index (χ0n) is 44.9. The third kappa shape index (κ3) is 26.2. The number of carbonyl (C=O) groups is 11. The van der Waals surface area contributed by atoms with Crippen LogP contribution in [0.4, 0.5) is 0 Å². The number of hydrogen-bond acceptors (Lipinski definition) is 18. The average Bonchev–Trinajstić information content (AvgIpc) is 3.40. The van der Waals surface area contributed by atoms with Crippen LogP contribution in [0.2, 0.25) is 0 Å². The molecule has 0 aromatic carbocycles. The Bertz CT molecular complexity index is 2020. The number of nitrogens with two attached hydrogens (primary N) is 2. The molecule has 1 fully saturated rings. The predicted molar refractivity (Wildman–Crippen MR) is 284 cm³/mol. The van der Waals surface area contributed by atoms with Gasteiger partial charge in [0.1, 0.15) is 54.6 Å². The molecule has 0 aromatic heterocycles. The van der Waals surface area contributed by atoms with E-state index >= 15 is 0 Å². The van der Waals surface area contributed by atoms with Crippen LogP contribution in [-0.2, 0) is 57.5 Å². The van der Waals surface area contributed by atoms with Gasteiger partial charge < -0.3 is 89.6 Å². The summed E-state index contributed by atoms with van der Waals surface area (Å²) >= 11 is 2.98. The van der Waals surface area contributed by atoms with E-state index in [4.69, 9.17) is 16.2 Å². The Balaban J connectivity index is 3.81. The molecule has 78 heavy (non-hydrogen) atoms. The summed E-state index contributed by atoms with van der Waals surface area (Å²) in [5.74, 6) is -14.0. The topological polar surface area (TPSA) is 458 Å². The summed E-state index contributed by atoms with van der Waals surface area (Å²) < 4.78 is 5.45. The third-order valence-corrected chi connectivity index (χ3v) is 13.0. The second-order valence-electron chi connectivity index (χ2n) is 19.0. The van der Waals surface area contributed by atoms with Gasteiger partial charge in [-0.3, -0.25) is 47.9 Å². The zero-order valence-corrected chi connectivity index (χ0v) is 46.5. The van der Waals surface area contributed by atoms with Crippen molar-refractivity contribution in [3.8, 4) is 0 Å². The van der Waals surface area contributed by atoms with Gasteiger partial charge in [-0.05, 0) is 58.5 Å². The van der Waals surface area contributed by atoms with E-state index in [-0.39, 0.29) is 44.7 Å². The van der Waals surface area contributed by atoms with E-state index in [1.807, 2.05) is 17.6 Å². The van der Waals surface area contributed by atoms with E-state index in [1.54, 1.807) is 0 Å². The summed E-state index contributed by atoms with van der Waals surface area (Å²) in [6.07, 6.45) is 4.26. The number of rotatable bonds is 26. The molecule has 29 heteroatoms. The number of hydrogen-bond donors (Lipinski definition) is 16. The molecule has 0 spiro atoms. The normalized spacial score (nSPS) is 24.3. The fraction of sp³-hybridized carbons (Fsp3) is 0.735. The number of ether oxygens (including phenoxy) is 1. The first-order valence-electron chi connectivity index (χ1n) is 26.4. The number of nitrogens with one attached hydrogen (secondary N) is 9. The van der Waals surface area contributed by atoms with E-state index in [0.717, 1.165) is 51.5 Å². The number of alkyl halides is 1. The molecule has 1 saturated heterocycles. The van der Waals surface area contributed by atoms with Gasteiger partial charge in [0, 0.05) is 18.4 Å². The molecule has 2 unspecified atom stereocenters. The van der Waals surface area contributed by atoms with Gasteiger partial charge in [0.15, 0.2) is 6.10 Å². The number of aliphatic hydroxyl groups is 4. The molecular formula is C49H84BrN11O17. The first kappa shape index (κ1) is 70.2. The molecule has 0 aromatic rings. The van der Waals surface area contributed by atoms with Crippen molar-refractivity contribution in [3.05, 3.63) is 11.8 Å². The second-order valence-corrected chi connectivity index (χ2v) is 19.7. The summed E-state index contributed by atoms with van der Waals surface area (Å²) in [6, 6.07) is -13.0. The largest absolute Gasteiger partial charge is 0.479 e. The van der Waals surface area contributed by atoms with Crippen LogP contribution in [0.15, 0.2) is 11.8 Å². The summed E-state index contributed by atoms with van der Waals surface area (Å²) in [4.78, 5) is 149. The molecule has 18 N–H and O–H groups in total. The molecule has 444 valence electrons. The number of esters is 1. The summed E-state index contributed by atoms with van der Waals surface area (Å²) in [5, 5.41) is 71.3. The van der Waals surface area contributed by atoms with Crippen molar-refractivity contribution < 1.29 is 83.0 Å². The first-order chi connectivity index (χ1) is 37.0. The molecule has 0 saturated carbocycles.